The summed E-state index contributed by atoms with van der Waals surface area (Å²) in [5.74, 6) is 5.90. The smallest absolute Gasteiger partial charge is 0.232 e. The van der Waals surface area contributed by atoms with E-state index in [4.69, 9.17) is 0 Å². The van der Waals surface area contributed by atoms with Crippen LogP contribution in [0.3, 0.4) is 0 Å². The highest BCUT2D eigenvalue weighted by atomic mass is 16.3. The summed E-state index contributed by atoms with van der Waals surface area (Å²) in [6, 6.07) is 0. The molecular formula is C13H20O2. The van der Waals surface area contributed by atoms with E-state index in [1.165, 1.54) is 6.08 Å². The van der Waals surface area contributed by atoms with Crippen molar-refractivity contribution < 1.29 is 9.90 Å². The molecule has 0 rings (SSSR count). The number of hydrogen-bond donors (Lipinski definition) is 1. The molecule has 0 aromatic carbocycles. The molecule has 0 aliphatic heterocycles. The lowest BCUT2D eigenvalue weighted by atomic mass is 10.1. The van der Waals surface area contributed by atoms with E-state index in [1.54, 1.807) is 0 Å². The predicted octanol–water partition coefficient (Wildman–Crippen LogP) is 3.09. The largest absolute Gasteiger partial charge is 0.512 e. The molecule has 0 atom stereocenters. The zero-order chi connectivity index (χ0) is 11.8. The maximum absolute atomic E-state index is 11.2. The standard InChI is InChI=1S/C13H20O2/c1-10(2)6-5-7-12(14)9-13(15)8-11(3)4/h9-11,15H,6,8H2,1-4H3/b13-9-. The summed E-state index contributed by atoms with van der Waals surface area (Å²) >= 11 is 0. The Bertz CT molecular complexity index is 287. The van der Waals surface area contributed by atoms with Crippen molar-refractivity contribution in [2.45, 2.75) is 40.5 Å². The lowest BCUT2D eigenvalue weighted by Crippen LogP contribution is -1.95. The fourth-order valence-electron chi connectivity index (χ4n) is 1.01. The van der Waals surface area contributed by atoms with Crippen molar-refractivity contribution in [2.24, 2.45) is 11.8 Å². The number of rotatable bonds is 4. The van der Waals surface area contributed by atoms with Crippen molar-refractivity contribution in [3.05, 3.63) is 11.8 Å². The van der Waals surface area contributed by atoms with Gasteiger partial charge in [0.05, 0.1) is 5.76 Å². The number of aliphatic hydroxyl groups is 1. The van der Waals surface area contributed by atoms with Gasteiger partial charge in [0.2, 0.25) is 5.78 Å². The molecule has 0 aromatic heterocycles. The van der Waals surface area contributed by atoms with Gasteiger partial charge in [-0.15, -0.1) is 0 Å². The molecule has 0 fully saturated rings. The highest BCUT2D eigenvalue weighted by Gasteiger charge is 2.00. The van der Waals surface area contributed by atoms with Crippen molar-refractivity contribution in [1.29, 1.82) is 0 Å². The van der Waals surface area contributed by atoms with Gasteiger partial charge in [-0.05, 0) is 17.8 Å². The van der Waals surface area contributed by atoms with Gasteiger partial charge in [-0.25, -0.2) is 0 Å². The Balaban J connectivity index is 4.15. The summed E-state index contributed by atoms with van der Waals surface area (Å²) in [5.41, 5.74) is 0. The SMILES string of the molecule is CC(C)CC#CC(=O)/C=C(\O)CC(C)C. The minimum Gasteiger partial charge on any atom is -0.512 e. The maximum atomic E-state index is 11.2. The molecule has 84 valence electrons. The second-order valence-electron chi connectivity index (χ2n) is 4.50. The topological polar surface area (TPSA) is 37.3 Å². The van der Waals surface area contributed by atoms with Gasteiger partial charge in [0, 0.05) is 18.9 Å². The zero-order valence-corrected chi connectivity index (χ0v) is 10.0. The molecule has 0 saturated carbocycles. The average molecular weight is 208 g/mol. The third-order valence-corrected chi connectivity index (χ3v) is 1.64. The van der Waals surface area contributed by atoms with Gasteiger partial charge in [-0.1, -0.05) is 33.6 Å². The Morgan fingerprint density at radius 2 is 1.87 bits per heavy atom. The highest BCUT2D eigenvalue weighted by Crippen LogP contribution is 2.06. The van der Waals surface area contributed by atoms with Gasteiger partial charge in [-0.3, -0.25) is 4.79 Å². The molecule has 1 N–H and O–H groups in total. The van der Waals surface area contributed by atoms with Gasteiger partial charge in [0.25, 0.3) is 0 Å². The summed E-state index contributed by atoms with van der Waals surface area (Å²) < 4.78 is 0. The van der Waals surface area contributed by atoms with Gasteiger partial charge in [-0.2, -0.15) is 0 Å². The summed E-state index contributed by atoms with van der Waals surface area (Å²) in [6.45, 7) is 8.06. The van der Waals surface area contributed by atoms with Gasteiger partial charge >= 0.3 is 0 Å². The first-order chi connectivity index (χ1) is 6.91. The predicted molar refractivity (Wildman–Crippen MR) is 62.4 cm³/mol. The minimum absolute atomic E-state index is 0.119. The van der Waals surface area contributed by atoms with E-state index in [-0.39, 0.29) is 11.5 Å². The molecule has 15 heavy (non-hydrogen) atoms. The Kier molecular flexibility index (Phi) is 6.53. The van der Waals surface area contributed by atoms with Gasteiger partial charge in [0.1, 0.15) is 0 Å². The highest BCUT2D eigenvalue weighted by molar-refractivity contribution is 6.04. The van der Waals surface area contributed by atoms with Crippen LogP contribution in [0.25, 0.3) is 0 Å². The normalized spacial score (nSPS) is 11.5. The van der Waals surface area contributed by atoms with Crippen molar-refractivity contribution in [3.63, 3.8) is 0 Å². The van der Waals surface area contributed by atoms with Crippen LogP contribution in [-0.4, -0.2) is 10.9 Å². The van der Waals surface area contributed by atoms with Crippen LogP contribution in [0, 0.1) is 23.7 Å². The van der Waals surface area contributed by atoms with E-state index in [1.807, 2.05) is 27.7 Å². The van der Waals surface area contributed by atoms with Crippen LogP contribution in [0.4, 0.5) is 0 Å². The Hall–Kier alpha value is -1.23. The molecule has 0 unspecified atom stereocenters. The summed E-state index contributed by atoms with van der Waals surface area (Å²) in [7, 11) is 0. The van der Waals surface area contributed by atoms with Crippen LogP contribution >= 0.6 is 0 Å². The van der Waals surface area contributed by atoms with E-state index in [0.717, 1.165) is 0 Å². The van der Waals surface area contributed by atoms with Crippen molar-refractivity contribution >= 4 is 5.78 Å². The number of ketones is 1. The lowest BCUT2D eigenvalue weighted by molar-refractivity contribution is -0.109. The first-order valence-electron chi connectivity index (χ1n) is 5.34. The number of carbonyl (C=O) groups excluding carboxylic acids is 1. The third kappa shape index (κ3) is 9.08. The Morgan fingerprint density at radius 3 is 2.33 bits per heavy atom. The van der Waals surface area contributed by atoms with E-state index < -0.39 is 0 Å². The number of allylic oxidation sites excluding steroid dienone is 2. The van der Waals surface area contributed by atoms with E-state index in [9.17, 15) is 9.90 Å². The van der Waals surface area contributed by atoms with Crippen LogP contribution < -0.4 is 0 Å². The molecule has 0 radical (unpaired) electrons. The molecular weight excluding hydrogens is 188 g/mol. The van der Waals surface area contributed by atoms with Gasteiger partial charge < -0.3 is 5.11 Å². The zero-order valence-electron chi connectivity index (χ0n) is 10.0. The van der Waals surface area contributed by atoms with E-state index >= 15 is 0 Å². The van der Waals surface area contributed by atoms with Gasteiger partial charge in [0.15, 0.2) is 0 Å². The molecule has 0 spiro atoms. The molecule has 2 heteroatoms. The first kappa shape index (κ1) is 13.8. The molecule has 0 bridgehead atoms. The third-order valence-electron chi connectivity index (χ3n) is 1.64. The van der Waals surface area contributed by atoms with Crippen molar-refractivity contribution in [2.75, 3.05) is 0 Å². The van der Waals surface area contributed by atoms with E-state index in [2.05, 4.69) is 11.8 Å². The number of hydrogen-bond acceptors (Lipinski definition) is 2. The fraction of sp³-hybridized carbons (Fsp3) is 0.615. The molecule has 0 heterocycles. The van der Waals surface area contributed by atoms with Crippen LogP contribution in [0.1, 0.15) is 40.5 Å². The Morgan fingerprint density at radius 1 is 1.27 bits per heavy atom. The number of aliphatic hydroxyl groups excluding tert-OH is 1. The van der Waals surface area contributed by atoms with Crippen molar-refractivity contribution in [1.82, 2.24) is 0 Å². The lowest BCUT2D eigenvalue weighted by Gasteiger charge is -2.01. The quantitative estimate of drug-likeness (QED) is 0.333. The second kappa shape index (κ2) is 7.11. The van der Waals surface area contributed by atoms with Crippen LogP contribution in [0.2, 0.25) is 0 Å². The molecule has 0 aliphatic carbocycles. The van der Waals surface area contributed by atoms with E-state index in [0.29, 0.717) is 24.7 Å². The average Bonchev–Trinajstić information content (AvgIpc) is 2.00. The molecule has 0 saturated heterocycles. The first-order valence-corrected chi connectivity index (χ1v) is 5.34. The van der Waals surface area contributed by atoms with Crippen LogP contribution in [0.15, 0.2) is 11.8 Å². The van der Waals surface area contributed by atoms with Crippen LogP contribution in [-0.2, 0) is 4.79 Å². The Labute approximate surface area is 92.4 Å². The molecule has 0 amide bonds. The number of carbonyl (C=O) groups is 1. The maximum Gasteiger partial charge on any atom is 0.232 e. The fourth-order valence-corrected chi connectivity index (χ4v) is 1.01. The van der Waals surface area contributed by atoms with Crippen molar-refractivity contribution in [3.8, 4) is 11.8 Å². The monoisotopic (exact) mass is 208 g/mol. The summed E-state index contributed by atoms with van der Waals surface area (Å²) in [4.78, 5) is 11.2. The second-order valence-corrected chi connectivity index (χ2v) is 4.50. The summed E-state index contributed by atoms with van der Waals surface area (Å²) in [5, 5.41) is 9.37. The van der Waals surface area contributed by atoms with Crippen LogP contribution in [0.5, 0.6) is 0 Å². The molecule has 0 aliphatic rings. The minimum atomic E-state index is -0.311. The molecule has 0 aromatic rings. The molecule has 2 nitrogen and oxygen atoms in total. The summed E-state index contributed by atoms with van der Waals surface area (Å²) in [6.07, 6.45) is 2.45.